The topological polar surface area (TPSA) is 75.4 Å². The van der Waals surface area contributed by atoms with Crippen molar-refractivity contribution in [3.05, 3.63) is 88.7 Å². The van der Waals surface area contributed by atoms with E-state index in [1.54, 1.807) is 23.1 Å². The summed E-state index contributed by atoms with van der Waals surface area (Å²) < 4.78 is 15.3. The molecule has 0 unspecified atom stereocenters. The summed E-state index contributed by atoms with van der Waals surface area (Å²) in [6.45, 7) is 3.00. The molecule has 3 aromatic rings. The maximum absolute atomic E-state index is 14.0. The molecule has 6 nitrogen and oxygen atoms in total. The summed E-state index contributed by atoms with van der Waals surface area (Å²) in [5, 5.41) is 11.1. The van der Waals surface area contributed by atoms with Crippen LogP contribution in [0.15, 0.2) is 71.8 Å². The molecule has 7 heteroatoms. The van der Waals surface area contributed by atoms with Crippen molar-refractivity contribution < 1.29 is 14.3 Å². The van der Waals surface area contributed by atoms with Crippen molar-refractivity contribution in [2.45, 2.75) is 44.2 Å². The van der Waals surface area contributed by atoms with E-state index in [9.17, 15) is 19.1 Å². The number of carbonyl (C=O) groups is 1. The lowest BCUT2D eigenvalue weighted by Crippen LogP contribution is -2.49. The van der Waals surface area contributed by atoms with E-state index < -0.39 is 11.4 Å². The van der Waals surface area contributed by atoms with Crippen LogP contribution in [0.3, 0.4) is 0 Å². The molecule has 2 heterocycles. The molecule has 1 aromatic heterocycles. The van der Waals surface area contributed by atoms with Crippen LogP contribution in [0.4, 0.5) is 4.39 Å². The zero-order chi connectivity index (χ0) is 23.4. The number of benzene rings is 2. The van der Waals surface area contributed by atoms with Gasteiger partial charge in [0.15, 0.2) is 0 Å². The van der Waals surface area contributed by atoms with Gasteiger partial charge >= 0.3 is 0 Å². The van der Waals surface area contributed by atoms with E-state index in [4.69, 9.17) is 0 Å². The smallest absolute Gasteiger partial charge is 0.253 e. The molecule has 1 amide bonds. The second-order valence-electron chi connectivity index (χ2n) is 8.84. The molecular formula is C26H28FN3O3. The fourth-order valence-corrected chi connectivity index (χ4v) is 4.30. The van der Waals surface area contributed by atoms with Gasteiger partial charge in [0, 0.05) is 31.1 Å². The van der Waals surface area contributed by atoms with Crippen LogP contribution in [0.1, 0.15) is 37.7 Å². The first-order valence-electron chi connectivity index (χ1n) is 11.2. The average Bonchev–Trinajstić information content (AvgIpc) is 2.81. The highest BCUT2D eigenvalue weighted by molar-refractivity contribution is 5.77. The van der Waals surface area contributed by atoms with E-state index in [0.717, 1.165) is 5.56 Å². The summed E-state index contributed by atoms with van der Waals surface area (Å²) >= 11 is 0. The van der Waals surface area contributed by atoms with Gasteiger partial charge in [-0.2, -0.15) is 0 Å². The van der Waals surface area contributed by atoms with E-state index >= 15 is 0 Å². The van der Waals surface area contributed by atoms with Crippen LogP contribution in [0.25, 0.3) is 11.3 Å². The molecule has 0 saturated carbocycles. The van der Waals surface area contributed by atoms with Gasteiger partial charge in [0.2, 0.25) is 5.91 Å². The molecule has 1 N–H and O–H groups in total. The van der Waals surface area contributed by atoms with E-state index in [1.807, 2.05) is 37.3 Å². The van der Waals surface area contributed by atoms with E-state index in [0.29, 0.717) is 32.4 Å². The highest BCUT2D eigenvalue weighted by Crippen LogP contribution is 2.26. The molecule has 1 fully saturated rings. The largest absolute Gasteiger partial charge is 0.388 e. The van der Waals surface area contributed by atoms with Crippen molar-refractivity contribution in [1.29, 1.82) is 0 Å². The highest BCUT2D eigenvalue weighted by atomic mass is 19.1. The first-order chi connectivity index (χ1) is 15.8. The maximum Gasteiger partial charge on any atom is 0.253 e. The minimum absolute atomic E-state index is 0.0708. The Kier molecular flexibility index (Phi) is 6.70. The number of halogens is 1. The molecular weight excluding hydrogens is 421 g/mol. The van der Waals surface area contributed by atoms with Crippen LogP contribution >= 0.6 is 0 Å². The number of aliphatic hydroxyl groups is 1. The van der Waals surface area contributed by atoms with Crippen LogP contribution in [-0.2, 0) is 11.3 Å². The van der Waals surface area contributed by atoms with Crippen molar-refractivity contribution in [2.75, 3.05) is 13.1 Å². The summed E-state index contributed by atoms with van der Waals surface area (Å²) in [6, 6.07) is 17.4. The van der Waals surface area contributed by atoms with Gasteiger partial charge in [-0.15, -0.1) is 0 Å². The Morgan fingerprint density at radius 1 is 1.12 bits per heavy atom. The number of hydrogen-bond acceptors (Lipinski definition) is 4. The molecule has 4 rings (SSSR count). The molecule has 1 aliphatic heterocycles. The Labute approximate surface area is 192 Å². The van der Waals surface area contributed by atoms with Crippen molar-refractivity contribution in [3.8, 4) is 11.3 Å². The SMILES string of the molecule is C[C@H](CC(=O)N1CCC(O)(Cn2cnc(-c3ccccc3F)cc2=O)CC1)c1ccccc1. The fourth-order valence-electron chi connectivity index (χ4n) is 4.30. The van der Waals surface area contributed by atoms with Gasteiger partial charge in [0.05, 0.1) is 24.2 Å². The molecule has 1 saturated heterocycles. The van der Waals surface area contributed by atoms with Crippen LogP contribution in [0, 0.1) is 5.82 Å². The van der Waals surface area contributed by atoms with Gasteiger partial charge in [-0.05, 0) is 36.5 Å². The predicted molar refractivity (Wildman–Crippen MR) is 124 cm³/mol. The lowest BCUT2D eigenvalue weighted by atomic mass is 9.90. The van der Waals surface area contributed by atoms with Crippen molar-refractivity contribution in [2.24, 2.45) is 0 Å². The Morgan fingerprint density at radius 3 is 2.45 bits per heavy atom. The van der Waals surface area contributed by atoms with Crippen LogP contribution in [0.2, 0.25) is 0 Å². The van der Waals surface area contributed by atoms with Crippen molar-refractivity contribution in [1.82, 2.24) is 14.5 Å². The fraction of sp³-hybridized carbons (Fsp3) is 0.346. The Morgan fingerprint density at radius 2 is 1.79 bits per heavy atom. The number of hydrogen-bond donors (Lipinski definition) is 1. The molecule has 1 aliphatic rings. The van der Waals surface area contributed by atoms with Gasteiger partial charge in [-0.3, -0.25) is 14.2 Å². The highest BCUT2D eigenvalue weighted by Gasteiger charge is 2.34. The first-order valence-corrected chi connectivity index (χ1v) is 11.2. The van der Waals surface area contributed by atoms with Crippen LogP contribution < -0.4 is 5.56 Å². The molecule has 0 spiro atoms. The lowest BCUT2D eigenvalue weighted by Gasteiger charge is -2.38. The average molecular weight is 450 g/mol. The summed E-state index contributed by atoms with van der Waals surface area (Å²) in [6.07, 6.45) is 2.52. The summed E-state index contributed by atoms with van der Waals surface area (Å²) in [7, 11) is 0. The second-order valence-corrected chi connectivity index (χ2v) is 8.84. The Balaban J connectivity index is 1.36. The monoisotopic (exact) mass is 449 g/mol. The molecule has 172 valence electrons. The molecule has 33 heavy (non-hydrogen) atoms. The number of amides is 1. The number of aromatic nitrogens is 2. The zero-order valence-electron chi connectivity index (χ0n) is 18.7. The number of rotatable bonds is 6. The van der Waals surface area contributed by atoms with Crippen LogP contribution in [0.5, 0.6) is 0 Å². The van der Waals surface area contributed by atoms with Gasteiger partial charge < -0.3 is 10.0 Å². The van der Waals surface area contributed by atoms with Crippen molar-refractivity contribution >= 4 is 5.91 Å². The maximum atomic E-state index is 14.0. The molecule has 1 atom stereocenters. The quantitative estimate of drug-likeness (QED) is 0.624. The lowest BCUT2D eigenvalue weighted by molar-refractivity contribution is -0.136. The first kappa shape index (κ1) is 22.9. The third-order valence-electron chi connectivity index (χ3n) is 6.39. The number of piperidine rings is 1. The second kappa shape index (κ2) is 9.67. The zero-order valence-corrected chi connectivity index (χ0v) is 18.7. The normalized spacial score (nSPS) is 16.4. The number of nitrogens with zero attached hydrogens (tertiary/aromatic N) is 3. The van der Waals surface area contributed by atoms with Gasteiger partial charge in [0.1, 0.15) is 5.82 Å². The molecule has 2 aromatic carbocycles. The minimum Gasteiger partial charge on any atom is -0.388 e. The van der Waals surface area contributed by atoms with E-state index in [2.05, 4.69) is 4.98 Å². The van der Waals surface area contributed by atoms with Crippen LogP contribution in [-0.4, -0.2) is 44.2 Å². The number of likely N-dealkylation sites (tertiary alicyclic amines) is 1. The van der Waals surface area contributed by atoms with E-state index in [1.165, 1.54) is 23.0 Å². The van der Waals surface area contributed by atoms with Gasteiger partial charge in [-0.1, -0.05) is 49.4 Å². The third-order valence-corrected chi connectivity index (χ3v) is 6.39. The van der Waals surface area contributed by atoms with Crippen molar-refractivity contribution in [3.63, 3.8) is 0 Å². The predicted octanol–water partition coefficient (Wildman–Crippen LogP) is 3.60. The summed E-state index contributed by atoms with van der Waals surface area (Å²) in [4.78, 5) is 31.4. The number of carbonyl (C=O) groups excluding carboxylic acids is 1. The molecule has 0 bridgehead atoms. The van der Waals surface area contributed by atoms with Gasteiger partial charge in [0.25, 0.3) is 5.56 Å². The molecule has 0 aliphatic carbocycles. The standard InChI is InChI=1S/C26H28FN3O3/c1-19(20-7-3-2-4-8-20)15-24(31)29-13-11-26(33,12-14-29)17-30-18-28-23(16-25(30)32)21-9-5-6-10-22(21)27/h2-10,16,18-19,33H,11-15,17H2,1H3/t19-/m1/s1. The summed E-state index contributed by atoms with van der Waals surface area (Å²) in [5.41, 5.74) is 0.190. The third kappa shape index (κ3) is 5.37. The molecule has 0 radical (unpaired) electrons. The minimum atomic E-state index is -1.10. The summed E-state index contributed by atoms with van der Waals surface area (Å²) in [5.74, 6) is -0.252. The van der Waals surface area contributed by atoms with Gasteiger partial charge in [-0.25, -0.2) is 9.37 Å². The Hall–Kier alpha value is -3.32. The van der Waals surface area contributed by atoms with E-state index in [-0.39, 0.29) is 35.2 Å². The Bertz CT molecular complexity index is 1170.